The van der Waals surface area contributed by atoms with E-state index in [1.54, 1.807) is 18.2 Å². The number of nitrogens with two attached hydrogens (primary N) is 1. The van der Waals surface area contributed by atoms with Crippen LogP contribution in [0.2, 0.25) is 0 Å². The average Bonchev–Trinajstić information content (AvgIpc) is 2.47. The van der Waals surface area contributed by atoms with Crippen molar-refractivity contribution in [3.63, 3.8) is 0 Å². The average molecular weight is 287 g/mol. The number of carbonyl (C=O) groups is 1. The molecule has 0 unspecified atom stereocenters. The number of nitrogens with zero attached hydrogens (tertiary/aromatic N) is 1. The van der Waals surface area contributed by atoms with Gasteiger partial charge in [0.15, 0.2) is 0 Å². The van der Waals surface area contributed by atoms with Crippen LogP contribution in [0.25, 0.3) is 0 Å². The highest BCUT2D eigenvalue weighted by molar-refractivity contribution is 5.95. The highest BCUT2D eigenvalue weighted by Crippen LogP contribution is 2.13. The Morgan fingerprint density at radius 1 is 1.19 bits per heavy atom. The van der Waals surface area contributed by atoms with E-state index < -0.39 is 0 Å². The van der Waals surface area contributed by atoms with Crippen molar-refractivity contribution in [2.45, 2.75) is 13.1 Å². The zero-order valence-corrected chi connectivity index (χ0v) is 11.8. The number of halogens is 1. The molecule has 0 aromatic heterocycles. The Bertz CT molecular complexity index is 630. The molecule has 3 N–H and O–H groups in total. The number of amides is 1. The summed E-state index contributed by atoms with van der Waals surface area (Å²) in [5.74, 6) is 4.63. The van der Waals surface area contributed by atoms with E-state index in [1.165, 1.54) is 12.1 Å². The van der Waals surface area contributed by atoms with Crippen molar-refractivity contribution < 1.29 is 9.18 Å². The van der Waals surface area contributed by atoms with Crippen LogP contribution >= 0.6 is 0 Å². The summed E-state index contributed by atoms with van der Waals surface area (Å²) in [5, 5.41) is 0. The van der Waals surface area contributed by atoms with Gasteiger partial charge in [-0.25, -0.2) is 10.2 Å². The number of hydrazine groups is 1. The fraction of sp³-hybridized carbons (Fsp3) is 0.188. The zero-order chi connectivity index (χ0) is 15.2. The number of hydrogen-bond donors (Lipinski definition) is 2. The smallest absolute Gasteiger partial charge is 0.265 e. The van der Waals surface area contributed by atoms with Crippen LogP contribution in [0.1, 0.15) is 21.5 Å². The molecule has 2 aromatic rings. The van der Waals surface area contributed by atoms with E-state index in [9.17, 15) is 9.18 Å². The molecule has 0 spiro atoms. The minimum atomic E-state index is -0.315. The number of benzene rings is 2. The number of nitrogen functional groups attached to an aromatic ring is 1. The molecular formula is C16H18FN3O. The van der Waals surface area contributed by atoms with Crippen LogP contribution < -0.4 is 11.3 Å². The molecule has 0 atom stereocenters. The summed E-state index contributed by atoms with van der Waals surface area (Å²) in [4.78, 5) is 13.7. The molecular weight excluding hydrogens is 269 g/mol. The Morgan fingerprint density at radius 3 is 2.67 bits per heavy atom. The van der Waals surface area contributed by atoms with E-state index in [0.717, 1.165) is 11.1 Å². The Balaban J connectivity index is 2.09. The highest BCUT2D eigenvalue weighted by Gasteiger charge is 2.11. The van der Waals surface area contributed by atoms with Crippen LogP contribution in [0, 0.1) is 5.82 Å². The molecule has 0 radical (unpaired) electrons. The van der Waals surface area contributed by atoms with Gasteiger partial charge in [-0.3, -0.25) is 15.1 Å². The maximum atomic E-state index is 13.2. The molecule has 0 aliphatic carbocycles. The monoisotopic (exact) mass is 287 g/mol. The van der Waals surface area contributed by atoms with E-state index in [1.807, 2.05) is 30.1 Å². The molecule has 5 heteroatoms. The van der Waals surface area contributed by atoms with Gasteiger partial charge in [0.25, 0.3) is 5.91 Å². The summed E-state index contributed by atoms with van der Waals surface area (Å²) in [6.45, 7) is 1.16. The number of hydrogen-bond acceptors (Lipinski definition) is 3. The van der Waals surface area contributed by atoms with Crippen molar-refractivity contribution in [1.82, 2.24) is 10.3 Å². The number of rotatable bonds is 5. The van der Waals surface area contributed by atoms with Crippen LogP contribution in [0.4, 0.5) is 4.39 Å². The number of carbonyl (C=O) groups excluding carboxylic acids is 1. The summed E-state index contributed by atoms with van der Waals surface area (Å²) in [7, 11) is 1.92. The first-order valence-electron chi connectivity index (χ1n) is 6.62. The molecule has 0 heterocycles. The topological polar surface area (TPSA) is 58.4 Å². The lowest BCUT2D eigenvalue weighted by molar-refractivity contribution is 0.0952. The Morgan fingerprint density at radius 2 is 1.95 bits per heavy atom. The summed E-state index contributed by atoms with van der Waals surface area (Å²) in [6.07, 6.45) is 0. The van der Waals surface area contributed by atoms with Gasteiger partial charge in [0.05, 0.1) is 0 Å². The SMILES string of the molecule is CN(Cc1cccc(F)c1)Cc1ccccc1C(=O)NN. The quantitative estimate of drug-likeness (QED) is 0.503. The highest BCUT2D eigenvalue weighted by atomic mass is 19.1. The van der Waals surface area contributed by atoms with E-state index in [0.29, 0.717) is 18.7 Å². The van der Waals surface area contributed by atoms with Gasteiger partial charge < -0.3 is 0 Å². The molecule has 21 heavy (non-hydrogen) atoms. The van der Waals surface area contributed by atoms with Gasteiger partial charge in [-0.1, -0.05) is 30.3 Å². The lowest BCUT2D eigenvalue weighted by Gasteiger charge is -2.18. The maximum absolute atomic E-state index is 13.2. The lowest BCUT2D eigenvalue weighted by atomic mass is 10.1. The van der Waals surface area contributed by atoms with Gasteiger partial charge in [0, 0.05) is 18.7 Å². The molecule has 0 fully saturated rings. The van der Waals surface area contributed by atoms with E-state index >= 15 is 0 Å². The van der Waals surface area contributed by atoms with E-state index in [2.05, 4.69) is 5.43 Å². The summed E-state index contributed by atoms with van der Waals surface area (Å²) >= 11 is 0. The minimum absolute atomic E-state index is 0.246. The minimum Gasteiger partial charge on any atom is -0.298 e. The van der Waals surface area contributed by atoms with Crippen LogP contribution in [-0.4, -0.2) is 17.9 Å². The van der Waals surface area contributed by atoms with Gasteiger partial charge in [-0.15, -0.1) is 0 Å². The van der Waals surface area contributed by atoms with Crippen molar-refractivity contribution in [2.75, 3.05) is 7.05 Å². The summed E-state index contributed by atoms with van der Waals surface area (Å²) in [6, 6.07) is 13.8. The van der Waals surface area contributed by atoms with Crippen molar-refractivity contribution in [3.05, 3.63) is 71.0 Å². The predicted molar refractivity (Wildman–Crippen MR) is 79.7 cm³/mol. The third-order valence-electron chi connectivity index (χ3n) is 3.17. The van der Waals surface area contributed by atoms with Crippen LogP contribution in [0.5, 0.6) is 0 Å². The molecule has 2 aromatic carbocycles. The second-order valence-corrected chi connectivity index (χ2v) is 4.93. The van der Waals surface area contributed by atoms with Gasteiger partial charge in [-0.05, 0) is 36.4 Å². The Kier molecular flexibility index (Phi) is 5.03. The van der Waals surface area contributed by atoms with E-state index in [4.69, 9.17) is 5.84 Å². The molecule has 4 nitrogen and oxygen atoms in total. The third kappa shape index (κ3) is 4.11. The predicted octanol–water partition coefficient (Wildman–Crippen LogP) is 2.06. The third-order valence-corrected chi connectivity index (χ3v) is 3.17. The fourth-order valence-corrected chi connectivity index (χ4v) is 2.25. The number of nitrogens with one attached hydrogen (secondary N) is 1. The molecule has 2 rings (SSSR count). The Hall–Kier alpha value is -2.24. The molecule has 110 valence electrons. The normalized spacial score (nSPS) is 10.7. The van der Waals surface area contributed by atoms with Crippen LogP contribution in [-0.2, 0) is 13.1 Å². The molecule has 0 saturated carbocycles. The van der Waals surface area contributed by atoms with E-state index in [-0.39, 0.29) is 11.7 Å². The lowest BCUT2D eigenvalue weighted by Crippen LogP contribution is -2.31. The summed E-state index contributed by atoms with van der Waals surface area (Å²) < 4.78 is 13.2. The molecule has 0 bridgehead atoms. The van der Waals surface area contributed by atoms with Gasteiger partial charge in [0.2, 0.25) is 0 Å². The van der Waals surface area contributed by atoms with Gasteiger partial charge in [-0.2, -0.15) is 0 Å². The van der Waals surface area contributed by atoms with Crippen molar-refractivity contribution >= 4 is 5.91 Å². The van der Waals surface area contributed by atoms with Gasteiger partial charge in [0.1, 0.15) is 5.82 Å². The summed E-state index contributed by atoms with van der Waals surface area (Å²) in [5.41, 5.74) is 4.45. The zero-order valence-electron chi connectivity index (χ0n) is 11.8. The maximum Gasteiger partial charge on any atom is 0.265 e. The molecule has 0 aliphatic heterocycles. The fourth-order valence-electron chi connectivity index (χ4n) is 2.25. The first-order chi connectivity index (χ1) is 10.1. The molecule has 0 aliphatic rings. The first-order valence-corrected chi connectivity index (χ1v) is 6.62. The van der Waals surface area contributed by atoms with Crippen molar-refractivity contribution in [1.29, 1.82) is 0 Å². The first kappa shape index (κ1) is 15.2. The standard InChI is InChI=1S/C16H18FN3O/c1-20(10-12-5-4-7-14(17)9-12)11-13-6-2-3-8-15(13)16(21)19-18/h2-9H,10-11,18H2,1H3,(H,19,21). The van der Waals surface area contributed by atoms with Gasteiger partial charge >= 0.3 is 0 Å². The molecule has 1 amide bonds. The Labute approximate surface area is 123 Å². The largest absolute Gasteiger partial charge is 0.298 e. The second-order valence-electron chi connectivity index (χ2n) is 4.93. The van der Waals surface area contributed by atoms with Crippen LogP contribution in [0.15, 0.2) is 48.5 Å². The van der Waals surface area contributed by atoms with Crippen molar-refractivity contribution in [3.8, 4) is 0 Å². The van der Waals surface area contributed by atoms with Crippen molar-refractivity contribution in [2.24, 2.45) is 5.84 Å². The molecule has 0 saturated heterocycles. The van der Waals surface area contributed by atoms with Crippen LogP contribution in [0.3, 0.4) is 0 Å². The second kappa shape index (κ2) is 6.97.